The monoisotopic (exact) mass is 444 g/mol. The molecule has 0 radical (unpaired) electrons. The van der Waals surface area contributed by atoms with Crippen molar-refractivity contribution in [3.63, 3.8) is 0 Å². The van der Waals surface area contributed by atoms with Gasteiger partial charge in [0.1, 0.15) is 5.76 Å². The Kier molecular flexibility index (Phi) is 7.23. The third-order valence-corrected chi connectivity index (χ3v) is 6.79. The van der Waals surface area contributed by atoms with Gasteiger partial charge in [-0.25, -0.2) is 8.42 Å². The molecule has 0 fully saturated rings. The Labute approximate surface area is 181 Å². The third-order valence-electron chi connectivity index (χ3n) is 4.43. The van der Waals surface area contributed by atoms with E-state index in [0.29, 0.717) is 17.8 Å². The normalized spacial score (nSPS) is 11.3. The summed E-state index contributed by atoms with van der Waals surface area (Å²) in [5.74, 6) is 2.14. The zero-order valence-electron chi connectivity index (χ0n) is 16.8. The molecule has 0 saturated carbocycles. The maximum Gasteiger partial charge on any atom is 0.261 e. The van der Waals surface area contributed by atoms with Crippen molar-refractivity contribution >= 4 is 33.4 Å². The number of carbonyl (C=O) groups is 1. The van der Waals surface area contributed by atoms with Crippen LogP contribution in [0.15, 0.2) is 70.2 Å². The van der Waals surface area contributed by atoms with Gasteiger partial charge in [0, 0.05) is 17.9 Å². The molecule has 1 heterocycles. The maximum atomic E-state index is 12.7. The van der Waals surface area contributed by atoms with Gasteiger partial charge in [0.05, 0.1) is 22.6 Å². The molecule has 0 unspecified atom stereocenters. The standard InChI is InChI=1S/C22H24N2O4S2/c1-16-5-9-20(10-6-16)30(26,27)24-21-14-18(8-7-17(21)2)22(25)23-11-13-29-15-19-4-3-12-28-19/h3-10,12,14,24H,11,13,15H2,1-2H3,(H,23,25). The van der Waals surface area contributed by atoms with Gasteiger partial charge in [-0.3, -0.25) is 9.52 Å². The summed E-state index contributed by atoms with van der Waals surface area (Å²) in [4.78, 5) is 12.6. The van der Waals surface area contributed by atoms with E-state index in [-0.39, 0.29) is 10.8 Å². The second kappa shape index (κ2) is 9.86. The van der Waals surface area contributed by atoms with Gasteiger partial charge in [-0.2, -0.15) is 11.8 Å². The van der Waals surface area contributed by atoms with E-state index in [0.717, 1.165) is 28.4 Å². The highest BCUT2D eigenvalue weighted by Gasteiger charge is 2.16. The minimum Gasteiger partial charge on any atom is -0.468 e. The summed E-state index contributed by atoms with van der Waals surface area (Å²) in [5.41, 5.74) is 2.50. The number of amides is 1. The Morgan fingerprint density at radius 2 is 1.83 bits per heavy atom. The summed E-state index contributed by atoms with van der Waals surface area (Å²) < 4.78 is 33.2. The number of anilines is 1. The van der Waals surface area contributed by atoms with Gasteiger partial charge in [0.25, 0.3) is 15.9 Å². The SMILES string of the molecule is Cc1ccc(S(=O)(=O)Nc2cc(C(=O)NCCSCc3ccco3)ccc2C)cc1. The van der Waals surface area contributed by atoms with Crippen molar-refractivity contribution in [2.24, 2.45) is 0 Å². The number of furan rings is 1. The van der Waals surface area contributed by atoms with E-state index < -0.39 is 10.0 Å². The number of sulfonamides is 1. The van der Waals surface area contributed by atoms with Crippen LogP contribution in [0.2, 0.25) is 0 Å². The van der Waals surface area contributed by atoms with Gasteiger partial charge in [0.2, 0.25) is 0 Å². The molecule has 1 amide bonds. The van der Waals surface area contributed by atoms with Crippen molar-refractivity contribution in [1.82, 2.24) is 5.32 Å². The number of rotatable bonds is 9. The van der Waals surface area contributed by atoms with E-state index >= 15 is 0 Å². The largest absolute Gasteiger partial charge is 0.468 e. The van der Waals surface area contributed by atoms with Crippen molar-refractivity contribution in [2.45, 2.75) is 24.5 Å². The van der Waals surface area contributed by atoms with Crippen LogP contribution in [0.1, 0.15) is 27.2 Å². The Morgan fingerprint density at radius 3 is 2.53 bits per heavy atom. The molecule has 0 spiro atoms. The average Bonchev–Trinajstić information content (AvgIpc) is 3.23. The summed E-state index contributed by atoms with van der Waals surface area (Å²) in [6.07, 6.45) is 1.64. The van der Waals surface area contributed by atoms with Gasteiger partial charge in [0.15, 0.2) is 0 Å². The second-order valence-electron chi connectivity index (χ2n) is 6.84. The molecular formula is C22H24N2O4S2. The molecule has 2 N–H and O–H groups in total. The van der Waals surface area contributed by atoms with Crippen molar-refractivity contribution in [3.05, 3.63) is 83.3 Å². The van der Waals surface area contributed by atoms with Crippen LogP contribution in [0.5, 0.6) is 0 Å². The van der Waals surface area contributed by atoms with Crippen LogP contribution in [0.3, 0.4) is 0 Å². The number of nitrogens with one attached hydrogen (secondary N) is 2. The molecule has 0 bridgehead atoms. The number of benzene rings is 2. The molecule has 0 aliphatic rings. The fourth-order valence-corrected chi connectivity index (χ4v) is 4.58. The van der Waals surface area contributed by atoms with Crippen LogP contribution in [0.4, 0.5) is 5.69 Å². The summed E-state index contributed by atoms with van der Waals surface area (Å²) in [7, 11) is -3.73. The number of thioether (sulfide) groups is 1. The fourth-order valence-electron chi connectivity index (χ4n) is 2.70. The number of aryl methyl sites for hydroxylation is 2. The van der Waals surface area contributed by atoms with E-state index in [2.05, 4.69) is 10.0 Å². The van der Waals surface area contributed by atoms with E-state index in [1.54, 1.807) is 67.4 Å². The van der Waals surface area contributed by atoms with E-state index in [9.17, 15) is 13.2 Å². The summed E-state index contributed by atoms with van der Waals surface area (Å²) in [6.45, 7) is 4.19. The van der Waals surface area contributed by atoms with Gasteiger partial charge in [-0.1, -0.05) is 23.8 Å². The lowest BCUT2D eigenvalue weighted by atomic mass is 10.1. The molecule has 0 aliphatic heterocycles. The molecule has 158 valence electrons. The lowest BCUT2D eigenvalue weighted by molar-refractivity contribution is 0.0956. The minimum absolute atomic E-state index is 0.177. The number of hydrogen-bond acceptors (Lipinski definition) is 5. The van der Waals surface area contributed by atoms with Gasteiger partial charge >= 0.3 is 0 Å². The zero-order valence-corrected chi connectivity index (χ0v) is 18.5. The molecule has 3 rings (SSSR count). The first-order valence-corrected chi connectivity index (χ1v) is 12.1. The van der Waals surface area contributed by atoms with Crippen LogP contribution in [0, 0.1) is 13.8 Å². The first-order chi connectivity index (χ1) is 14.3. The Balaban J connectivity index is 1.59. The van der Waals surface area contributed by atoms with Crippen LogP contribution >= 0.6 is 11.8 Å². The van der Waals surface area contributed by atoms with Gasteiger partial charge in [-0.05, 0) is 55.8 Å². The fraction of sp³-hybridized carbons (Fsp3) is 0.227. The Morgan fingerprint density at radius 1 is 1.07 bits per heavy atom. The number of carbonyl (C=O) groups excluding carboxylic acids is 1. The predicted octanol–water partition coefficient (Wildman–Crippen LogP) is 4.36. The van der Waals surface area contributed by atoms with Crippen LogP contribution in [0.25, 0.3) is 0 Å². The predicted molar refractivity (Wildman–Crippen MR) is 120 cm³/mol. The molecule has 1 aromatic heterocycles. The van der Waals surface area contributed by atoms with E-state index in [1.807, 2.05) is 19.1 Å². The highest BCUT2D eigenvalue weighted by atomic mass is 32.2. The third kappa shape index (κ3) is 5.90. The molecule has 0 atom stereocenters. The lowest BCUT2D eigenvalue weighted by Gasteiger charge is -2.13. The van der Waals surface area contributed by atoms with Crippen molar-refractivity contribution in [2.75, 3.05) is 17.0 Å². The van der Waals surface area contributed by atoms with Crippen LogP contribution < -0.4 is 10.0 Å². The molecule has 0 saturated heterocycles. The first kappa shape index (κ1) is 22.0. The minimum atomic E-state index is -3.73. The number of hydrogen-bond donors (Lipinski definition) is 2. The second-order valence-corrected chi connectivity index (χ2v) is 9.62. The Bertz CT molecular complexity index is 1090. The van der Waals surface area contributed by atoms with Crippen molar-refractivity contribution in [3.8, 4) is 0 Å². The molecule has 2 aromatic carbocycles. The smallest absolute Gasteiger partial charge is 0.261 e. The molecule has 0 aliphatic carbocycles. The topological polar surface area (TPSA) is 88.4 Å². The summed E-state index contributed by atoms with van der Waals surface area (Å²) in [5, 5.41) is 2.86. The Hall–Kier alpha value is -2.71. The summed E-state index contributed by atoms with van der Waals surface area (Å²) >= 11 is 1.66. The highest BCUT2D eigenvalue weighted by Crippen LogP contribution is 2.22. The van der Waals surface area contributed by atoms with Crippen LogP contribution in [-0.2, 0) is 15.8 Å². The maximum absolute atomic E-state index is 12.7. The zero-order chi connectivity index (χ0) is 21.6. The quantitative estimate of drug-likeness (QED) is 0.479. The van der Waals surface area contributed by atoms with Crippen molar-refractivity contribution in [1.29, 1.82) is 0 Å². The average molecular weight is 445 g/mol. The first-order valence-electron chi connectivity index (χ1n) is 9.43. The molecule has 30 heavy (non-hydrogen) atoms. The van der Waals surface area contributed by atoms with Gasteiger partial charge < -0.3 is 9.73 Å². The highest BCUT2D eigenvalue weighted by molar-refractivity contribution is 7.98. The summed E-state index contributed by atoms with van der Waals surface area (Å²) in [6, 6.07) is 15.3. The van der Waals surface area contributed by atoms with Crippen LogP contribution in [-0.4, -0.2) is 26.6 Å². The van der Waals surface area contributed by atoms with E-state index in [4.69, 9.17) is 4.42 Å². The molecule has 3 aromatic rings. The lowest BCUT2D eigenvalue weighted by Crippen LogP contribution is -2.26. The molecule has 6 nitrogen and oxygen atoms in total. The van der Waals surface area contributed by atoms with E-state index in [1.165, 1.54) is 0 Å². The molecular weight excluding hydrogens is 420 g/mol. The van der Waals surface area contributed by atoms with Crippen molar-refractivity contribution < 1.29 is 17.6 Å². The molecule has 8 heteroatoms. The van der Waals surface area contributed by atoms with Gasteiger partial charge in [-0.15, -0.1) is 0 Å².